The molecule has 2 atom stereocenters. The Kier molecular flexibility index (Phi) is 6.03. The predicted molar refractivity (Wildman–Crippen MR) is 88.9 cm³/mol. The van der Waals surface area contributed by atoms with Crippen molar-refractivity contribution < 1.29 is 9.84 Å². The Balaban J connectivity index is 2.40. The number of aliphatic hydroxyl groups is 1. The molecule has 2 N–H and O–H groups in total. The highest BCUT2D eigenvalue weighted by Crippen LogP contribution is 2.36. The van der Waals surface area contributed by atoms with Crippen LogP contribution in [0.3, 0.4) is 0 Å². The number of nitrogens with one attached hydrogen (secondary N) is 1. The van der Waals surface area contributed by atoms with Gasteiger partial charge in [0.1, 0.15) is 0 Å². The van der Waals surface area contributed by atoms with Crippen molar-refractivity contribution in [2.24, 2.45) is 0 Å². The summed E-state index contributed by atoms with van der Waals surface area (Å²) in [6.45, 7) is 0.567. The van der Waals surface area contributed by atoms with Crippen molar-refractivity contribution in [3.8, 4) is 5.88 Å². The molecular formula is C16H18Cl2N2O2. The van der Waals surface area contributed by atoms with Gasteiger partial charge in [-0.15, -0.1) is 0 Å². The van der Waals surface area contributed by atoms with Crippen molar-refractivity contribution in [3.05, 3.63) is 57.7 Å². The number of benzene rings is 1. The number of aromatic nitrogens is 1. The first-order valence-electron chi connectivity index (χ1n) is 6.85. The van der Waals surface area contributed by atoms with E-state index in [0.29, 0.717) is 28.0 Å². The lowest BCUT2D eigenvalue weighted by Gasteiger charge is -2.24. The van der Waals surface area contributed by atoms with E-state index in [0.717, 1.165) is 5.56 Å². The largest absolute Gasteiger partial charge is 0.481 e. The Morgan fingerprint density at radius 2 is 2.05 bits per heavy atom. The van der Waals surface area contributed by atoms with Crippen molar-refractivity contribution >= 4 is 23.2 Å². The second-order valence-corrected chi connectivity index (χ2v) is 5.70. The van der Waals surface area contributed by atoms with Gasteiger partial charge in [0.25, 0.3) is 0 Å². The van der Waals surface area contributed by atoms with Crippen LogP contribution in [0.4, 0.5) is 0 Å². The minimum atomic E-state index is -0.784. The molecule has 0 aliphatic carbocycles. The van der Waals surface area contributed by atoms with Crippen LogP contribution in [0.5, 0.6) is 5.88 Å². The van der Waals surface area contributed by atoms with Gasteiger partial charge in [-0.05, 0) is 36.9 Å². The number of aliphatic hydroxyl groups excluding tert-OH is 1. The van der Waals surface area contributed by atoms with E-state index < -0.39 is 6.10 Å². The molecular weight excluding hydrogens is 323 g/mol. The van der Waals surface area contributed by atoms with Gasteiger partial charge in [-0.3, -0.25) is 0 Å². The number of halogens is 2. The van der Waals surface area contributed by atoms with Crippen molar-refractivity contribution in [2.75, 3.05) is 20.7 Å². The van der Waals surface area contributed by atoms with Gasteiger partial charge in [0.2, 0.25) is 5.88 Å². The molecule has 1 heterocycles. The molecule has 0 bridgehead atoms. The first-order valence-corrected chi connectivity index (χ1v) is 7.60. The molecule has 0 spiro atoms. The van der Waals surface area contributed by atoms with E-state index in [2.05, 4.69) is 10.3 Å². The van der Waals surface area contributed by atoms with Crippen LogP contribution >= 0.6 is 23.2 Å². The lowest BCUT2D eigenvalue weighted by atomic mass is 9.89. The summed E-state index contributed by atoms with van der Waals surface area (Å²) < 4.78 is 5.23. The number of hydrogen-bond acceptors (Lipinski definition) is 4. The monoisotopic (exact) mass is 340 g/mol. The second-order valence-electron chi connectivity index (χ2n) is 4.88. The molecule has 0 amide bonds. The minimum Gasteiger partial charge on any atom is -0.481 e. The van der Waals surface area contributed by atoms with Gasteiger partial charge in [0.15, 0.2) is 0 Å². The lowest BCUT2D eigenvalue weighted by Crippen LogP contribution is -2.23. The zero-order chi connectivity index (χ0) is 16.1. The highest BCUT2D eigenvalue weighted by atomic mass is 35.5. The smallest absolute Gasteiger partial charge is 0.218 e. The quantitative estimate of drug-likeness (QED) is 0.845. The number of likely N-dealkylation sites (N-methyl/N-ethyl adjacent to an activating group) is 1. The maximum absolute atomic E-state index is 10.8. The summed E-state index contributed by atoms with van der Waals surface area (Å²) in [5, 5.41) is 14.8. The van der Waals surface area contributed by atoms with Crippen LogP contribution in [0, 0.1) is 0 Å². The topological polar surface area (TPSA) is 54.4 Å². The van der Waals surface area contributed by atoms with Crippen molar-refractivity contribution in [1.82, 2.24) is 10.3 Å². The van der Waals surface area contributed by atoms with E-state index in [1.807, 2.05) is 13.1 Å². The number of rotatable bonds is 6. The summed E-state index contributed by atoms with van der Waals surface area (Å²) in [6, 6.07) is 8.94. The van der Waals surface area contributed by atoms with Crippen LogP contribution in [0.2, 0.25) is 10.0 Å². The second kappa shape index (κ2) is 7.79. The fraction of sp³-hybridized carbons (Fsp3) is 0.312. The number of nitrogens with zero attached hydrogens (tertiary/aromatic N) is 1. The van der Waals surface area contributed by atoms with E-state index >= 15 is 0 Å². The molecule has 0 saturated carbocycles. The fourth-order valence-electron chi connectivity index (χ4n) is 2.39. The molecule has 1 aromatic heterocycles. The number of hydrogen-bond donors (Lipinski definition) is 2. The van der Waals surface area contributed by atoms with Crippen LogP contribution < -0.4 is 10.1 Å². The van der Waals surface area contributed by atoms with Crippen molar-refractivity contribution in [2.45, 2.75) is 12.0 Å². The van der Waals surface area contributed by atoms with Gasteiger partial charge in [-0.25, -0.2) is 4.98 Å². The van der Waals surface area contributed by atoms with Gasteiger partial charge < -0.3 is 15.2 Å². The van der Waals surface area contributed by atoms with E-state index in [9.17, 15) is 5.11 Å². The molecule has 4 nitrogen and oxygen atoms in total. The summed E-state index contributed by atoms with van der Waals surface area (Å²) in [7, 11) is 3.36. The molecule has 6 heteroatoms. The number of ether oxygens (including phenoxy) is 1. The summed E-state index contributed by atoms with van der Waals surface area (Å²) in [5.74, 6) is 0.203. The maximum Gasteiger partial charge on any atom is 0.218 e. The molecule has 22 heavy (non-hydrogen) atoms. The molecule has 0 aliphatic heterocycles. The average molecular weight is 341 g/mol. The summed E-state index contributed by atoms with van der Waals surface area (Å²) in [5.41, 5.74) is 1.53. The Bertz CT molecular complexity index is 637. The third kappa shape index (κ3) is 3.70. The number of pyridine rings is 1. The average Bonchev–Trinajstić information content (AvgIpc) is 2.54. The SMILES string of the molecule is CNC[C@@H](c1ccc(Cl)c(Cl)c1)[C@@H](O)c1cccnc1OC. The molecule has 0 unspecified atom stereocenters. The highest BCUT2D eigenvalue weighted by Gasteiger charge is 2.25. The van der Waals surface area contributed by atoms with Crippen molar-refractivity contribution in [3.63, 3.8) is 0 Å². The van der Waals surface area contributed by atoms with Gasteiger partial charge in [-0.1, -0.05) is 29.3 Å². The number of methoxy groups -OCH3 is 1. The van der Waals surface area contributed by atoms with E-state index in [1.54, 1.807) is 30.5 Å². The maximum atomic E-state index is 10.8. The molecule has 0 fully saturated rings. The molecule has 118 valence electrons. The molecule has 0 saturated heterocycles. The first kappa shape index (κ1) is 17.0. The third-order valence-corrected chi connectivity index (χ3v) is 4.23. The predicted octanol–water partition coefficient (Wildman–Crippen LogP) is 3.43. The zero-order valence-corrected chi connectivity index (χ0v) is 13.9. The Hall–Kier alpha value is -1.33. The van der Waals surface area contributed by atoms with Crippen LogP contribution in [-0.2, 0) is 0 Å². The first-order chi connectivity index (χ1) is 10.6. The molecule has 2 aromatic rings. The van der Waals surface area contributed by atoms with E-state index in [1.165, 1.54) is 7.11 Å². The third-order valence-electron chi connectivity index (χ3n) is 3.49. The lowest BCUT2D eigenvalue weighted by molar-refractivity contribution is 0.140. The Morgan fingerprint density at radius 1 is 1.27 bits per heavy atom. The Morgan fingerprint density at radius 3 is 2.68 bits per heavy atom. The van der Waals surface area contributed by atoms with Crippen LogP contribution in [-0.4, -0.2) is 30.8 Å². The summed E-state index contributed by atoms with van der Waals surface area (Å²) in [6.07, 6.45) is 0.842. The Labute approximate surface area is 140 Å². The summed E-state index contributed by atoms with van der Waals surface area (Å²) in [4.78, 5) is 4.14. The molecule has 0 aliphatic rings. The fourth-order valence-corrected chi connectivity index (χ4v) is 2.70. The molecule has 2 rings (SSSR count). The molecule has 1 aromatic carbocycles. The standard InChI is InChI=1S/C16H18Cl2N2O2/c1-19-9-12(10-5-6-13(17)14(18)8-10)15(21)11-4-3-7-20-16(11)22-2/h3-8,12,15,19,21H,9H2,1-2H3/t12-,15-/m0/s1. The van der Waals surface area contributed by atoms with E-state index in [4.69, 9.17) is 27.9 Å². The van der Waals surface area contributed by atoms with Crippen LogP contribution in [0.15, 0.2) is 36.5 Å². The van der Waals surface area contributed by atoms with Crippen LogP contribution in [0.25, 0.3) is 0 Å². The van der Waals surface area contributed by atoms with Gasteiger partial charge in [0, 0.05) is 24.2 Å². The van der Waals surface area contributed by atoms with Gasteiger partial charge in [-0.2, -0.15) is 0 Å². The van der Waals surface area contributed by atoms with Crippen LogP contribution in [0.1, 0.15) is 23.1 Å². The normalized spacial score (nSPS) is 13.7. The zero-order valence-electron chi connectivity index (χ0n) is 12.4. The van der Waals surface area contributed by atoms with Crippen molar-refractivity contribution in [1.29, 1.82) is 0 Å². The highest BCUT2D eigenvalue weighted by molar-refractivity contribution is 6.42. The van der Waals surface area contributed by atoms with Gasteiger partial charge in [0.05, 0.1) is 23.3 Å². The minimum absolute atomic E-state index is 0.210. The molecule has 0 radical (unpaired) electrons. The summed E-state index contributed by atoms with van der Waals surface area (Å²) >= 11 is 12.1. The van der Waals surface area contributed by atoms with Gasteiger partial charge >= 0.3 is 0 Å². The van der Waals surface area contributed by atoms with E-state index in [-0.39, 0.29) is 5.92 Å².